The van der Waals surface area contributed by atoms with Gasteiger partial charge in [-0.2, -0.15) is 4.98 Å². The number of unbranched alkanes of at least 4 members (excludes halogenated alkanes) is 1. The zero-order valence-corrected chi connectivity index (χ0v) is 34.8. The molecule has 3 aliphatic heterocycles. The standard InChI is InChI=1S/C41H48ClN8O5PS/c1-55-35-23-28(10-13-32(35)46-41-44-24-31(42)38(48-41)45-33-8-4-5-9-36(33)56(2,3)54)49-19-16-27(17-20-49)43-18-6-7-21-57-29-11-12-30-26(22-29)25-50(40(30)53)34-14-15-37(51)47-39(34)52/h4-5,8-13,22-24,27,34,43H,6-7,14-21,25H2,1-3H3,(H,47,51,52)(H2,44,45,46,48). The Bertz CT molecular complexity index is 2200. The molecule has 4 aromatic rings. The van der Waals surface area contributed by atoms with E-state index in [1.165, 1.54) is 6.20 Å². The number of carbonyl (C=O) groups excluding carboxylic acids is 3. The molecule has 1 aromatic heterocycles. The van der Waals surface area contributed by atoms with Crippen LogP contribution in [0.3, 0.4) is 0 Å². The minimum Gasteiger partial charge on any atom is -0.494 e. The smallest absolute Gasteiger partial charge is 0.255 e. The molecule has 4 N–H and O–H groups in total. The van der Waals surface area contributed by atoms with Crippen molar-refractivity contribution in [2.75, 3.05) is 61.4 Å². The minimum absolute atomic E-state index is 0.140. The van der Waals surface area contributed by atoms with Gasteiger partial charge in [0.05, 0.1) is 24.7 Å². The molecule has 2 fully saturated rings. The zero-order chi connectivity index (χ0) is 40.1. The highest BCUT2D eigenvalue weighted by Crippen LogP contribution is 2.39. The van der Waals surface area contributed by atoms with Crippen molar-refractivity contribution in [1.82, 2.24) is 25.5 Å². The number of nitrogens with one attached hydrogen (secondary N) is 4. The topological polar surface area (TPSA) is 158 Å². The monoisotopic (exact) mass is 830 g/mol. The van der Waals surface area contributed by atoms with Gasteiger partial charge in [0, 0.05) is 59.6 Å². The summed E-state index contributed by atoms with van der Waals surface area (Å²) in [6, 6.07) is 19.3. The minimum atomic E-state index is -2.54. The second-order valence-electron chi connectivity index (χ2n) is 14.9. The molecule has 57 heavy (non-hydrogen) atoms. The Balaban J connectivity index is 0.841. The van der Waals surface area contributed by atoms with Crippen LogP contribution in [0.15, 0.2) is 71.8 Å². The van der Waals surface area contributed by atoms with E-state index in [1.54, 1.807) is 37.1 Å². The van der Waals surface area contributed by atoms with Gasteiger partial charge in [-0.25, -0.2) is 4.98 Å². The molecular formula is C41H48ClN8O5PS. The number of aromatic nitrogens is 2. The van der Waals surface area contributed by atoms with Crippen LogP contribution in [0.2, 0.25) is 5.02 Å². The van der Waals surface area contributed by atoms with E-state index in [0.29, 0.717) is 52.8 Å². The molecule has 0 bridgehead atoms. The number of nitrogens with zero attached hydrogens (tertiary/aromatic N) is 4. The van der Waals surface area contributed by atoms with E-state index in [-0.39, 0.29) is 24.1 Å². The number of thioether (sulfide) groups is 1. The van der Waals surface area contributed by atoms with E-state index >= 15 is 0 Å². The molecule has 13 nitrogen and oxygen atoms in total. The van der Waals surface area contributed by atoms with Gasteiger partial charge in [-0.05, 0) is 106 Å². The van der Waals surface area contributed by atoms with E-state index in [2.05, 4.69) is 48.3 Å². The van der Waals surface area contributed by atoms with Gasteiger partial charge in [0.1, 0.15) is 24.0 Å². The molecule has 3 aromatic carbocycles. The van der Waals surface area contributed by atoms with Gasteiger partial charge in [0.2, 0.25) is 17.8 Å². The lowest BCUT2D eigenvalue weighted by molar-refractivity contribution is -0.136. The van der Waals surface area contributed by atoms with Crippen molar-refractivity contribution in [3.05, 3.63) is 83.0 Å². The lowest BCUT2D eigenvalue weighted by atomic mass is 10.0. The van der Waals surface area contributed by atoms with Crippen molar-refractivity contribution in [2.24, 2.45) is 0 Å². The van der Waals surface area contributed by atoms with Gasteiger partial charge in [-0.3, -0.25) is 19.7 Å². The Kier molecular flexibility index (Phi) is 12.7. The number of fused-ring (bicyclic) bond motifs is 1. The molecule has 0 saturated carbocycles. The SMILES string of the molecule is COc1cc(N2CCC(NCCCCSc3ccc4c(c3)CN(C3CCC(=O)NC3=O)C4=O)CC2)ccc1Nc1ncc(Cl)c(Nc2ccccc2P(C)(C)=O)n1. The first kappa shape index (κ1) is 40.6. The first-order chi connectivity index (χ1) is 27.5. The average Bonchev–Trinajstić information content (AvgIpc) is 3.52. The van der Waals surface area contributed by atoms with Crippen molar-refractivity contribution in [3.8, 4) is 5.75 Å². The van der Waals surface area contributed by atoms with Crippen LogP contribution in [-0.2, 0) is 20.7 Å². The summed E-state index contributed by atoms with van der Waals surface area (Å²) < 4.78 is 18.7. The molecule has 4 heterocycles. The largest absolute Gasteiger partial charge is 0.494 e. The van der Waals surface area contributed by atoms with Gasteiger partial charge in [-0.1, -0.05) is 23.7 Å². The number of ether oxygens (including phenoxy) is 1. The number of hydrogen-bond donors (Lipinski definition) is 4. The number of benzene rings is 3. The maximum atomic E-state index is 13.0. The van der Waals surface area contributed by atoms with Crippen LogP contribution in [-0.4, -0.2) is 90.5 Å². The molecule has 0 spiro atoms. The normalized spacial score (nSPS) is 17.4. The molecule has 3 amide bonds. The lowest BCUT2D eigenvalue weighted by Crippen LogP contribution is -2.52. The van der Waals surface area contributed by atoms with Gasteiger partial charge in [0.25, 0.3) is 5.91 Å². The third-order valence-corrected chi connectivity index (χ3v) is 13.4. The van der Waals surface area contributed by atoms with Crippen LogP contribution < -0.4 is 36.2 Å². The fourth-order valence-corrected chi connectivity index (χ4v) is 9.77. The van der Waals surface area contributed by atoms with Crippen molar-refractivity contribution < 1.29 is 23.7 Å². The number of piperidine rings is 2. The van der Waals surface area contributed by atoms with E-state index in [9.17, 15) is 18.9 Å². The van der Waals surface area contributed by atoms with E-state index in [4.69, 9.17) is 16.3 Å². The number of imide groups is 1. The summed E-state index contributed by atoms with van der Waals surface area (Å²) in [4.78, 5) is 51.0. The fourth-order valence-electron chi connectivity index (χ4n) is 7.50. The summed E-state index contributed by atoms with van der Waals surface area (Å²) in [5.41, 5.74) is 4.08. The van der Waals surface area contributed by atoms with Crippen LogP contribution in [0.1, 0.15) is 54.4 Å². The number of para-hydroxylation sites is 1. The highest BCUT2D eigenvalue weighted by Gasteiger charge is 2.39. The Morgan fingerprint density at radius 1 is 0.982 bits per heavy atom. The van der Waals surface area contributed by atoms with Crippen LogP contribution >= 0.6 is 30.5 Å². The number of carbonyl (C=O) groups is 3. The quantitative estimate of drug-likeness (QED) is 0.0433. The van der Waals surface area contributed by atoms with Gasteiger partial charge in [-0.15, -0.1) is 11.8 Å². The van der Waals surface area contributed by atoms with Crippen LogP contribution in [0.5, 0.6) is 5.75 Å². The molecular weight excluding hydrogens is 783 g/mol. The third kappa shape index (κ3) is 9.75. The maximum Gasteiger partial charge on any atom is 0.255 e. The second kappa shape index (κ2) is 17.9. The van der Waals surface area contributed by atoms with Crippen LogP contribution in [0.25, 0.3) is 0 Å². The summed E-state index contributed by atoms with van der Waals surface area (Å²) in [6.45, 7) is 6.70. The number of hydrogen-bond acceptors (Lipinski definition) is 12. The number of methoxy groups -OCH3 is 1. The third-order valence-electron chi connectivity index (χ3n) is 10.5. The summed E-state index contributed by atoms with van der Waals surface area (Å²) in [5.74, 6) is 1.59. The van der Waals surface area contributed by atoms with Crippen molar-refractivity contribution in [1.29, 1.82) is 0 Å². The maximum absolute atomic E-state index is 13.0. The molecule has 1 unspecified atom stereocenters. The molecule has 1 atom stereocenters. The number of halogens is 1. The number of anilines is 5. The van der Waals surface area contributed by atoms with Crippen LogP contribution in [0, 0.1) is 0 Å². The Labute approximate surface area is 342 Å². The number of amides is 3. The highest BCUT2D eigenvalue weighted by atomic mass is 35.5. The fraction of sp³-hybridized carbons (Fsp3) is 0.390. The molecule has 0 aliphatic carbocycles. The summed E-state index contributed by atoms with van der Waals surface area (Å²) in [7, 11) is -0.898. The average molecular weight is 831 g/mol. The van der Waals surface area contributed by atoms with E-state index < -0.39 is 13.2 Å². The predicted molar refractivity (Wildman–Crippen MR) is 228 cm³/mol. The zero-order valence-electron chi connectivity index (χ0n) is 32.3. The summed E-state index contributed by atoms with van der Waals surface area (Å²) >= 11 is 8.25. The molecule has 7 rings (SSSR count). The summed E-state index contributed by atoms with van der Waals surface area (Å²) in [5, 5.41) is 13.7. The van der Waals surface area contributed by atoms with Crippen molar-refractivity contribution >= 4 is 82.4 Å². The Hall–Kier alpha value is -4.62. The molecule has 16 heteroatoms. The summed E-state index contributed by atoms with van der Waals surface area (Å²) in [6.07, 6.45) is 6.39. The molecule has 2 saturated heterocycles. The van der Waals surface area contributed by atoms with Gasteiger partial charge < -0.3 is 35.1 Å². The van der Waals surface area contributed by atoms with E-state index in [1.807, 2.05) is 48.5 Å². The number of rotatable bonds is 15. The van der Waals surface area contributed by atoms with Crippen LogP contribution in [0.4, 0.5) is 28.8 Å². The second-order valence-corrected chi connectivity index (χ2v) is 19.6. The van der Waals surface area contributed by atoms with E-state index in [0.717, 1.165) is 78.2 Å². The molecule has 300 valence electrons. The van der Waals surface area contributed by atoms with Gasteiger partial charge in [0.15, 0.2) is 5.82 Å². The first-order valence-corrected chi connectivity index (χ1v) is 23.2. The molecule has 3 aliphatic rings. The predicted octanol–water partition coefficient (Wildman–Crippen LogP) is 6.77. The van der Waals surface area contributed by atoms with Gasteiger partial charge >= 0.3 is 0 Å². The molecule has 0 radical (unpaired) electrons. The van der Waals surface area contributed by atoms with Crippen molar-refractivity contribution in [2.45, 2.75) is 62.0 Å². The highest BCUT2D eigenvalue weighted by molar-refractivity contribution is 7.99. The first-order valence-electron chi connectivity index (χ1n) is 19.2. The Morgan fingerprint density at radius 3 is 2.56 bits per heavy atom. The van der Waals surface area contributed by atoms with Crippen molar-refractivity contribution in [3.63, 3.8) is 0 Å². The Morgan fingerprint density at radius 2 is 1.79 bits per heavy atom. The lowest BCUT2D eigenvalue weighted by Gasteiger charge is -2.34.